The number of nitrogens with zero attached hydrogens (tertiary/aromatic N) is 1. The molecular formula is C14H17FN2O2. The molecule has 0 aliphatic carbocycles. The van der Waals surface area contributed by atoms with Crippen LogP contribution in [0.3, 0.4) is 0 Å². The lowest BCUT2D eigenvalue weighted by Crippen LogP contribution is -2.31. The van der Waals surface area contributed by atoms with Gasteiger partial charge < -0.3 is 5.32 Å². The quantitative estimate of drug-likeness (QED) is 0.848. The summed E-state index contributed by atoms with van der Waals surface area (Å²) in [5.74, 6) is -0.375. The number of hydrogen-bond acceptors (Lipinski definition) is 2. The fourth-order valence-electron chi connectivity index (χ4n) is 2.15. The predicted octanol–water partition coefficient (Wildman–Crippen LogP) is 2.29. The van der Waals surface area contributed by atoms with Gasteiger partial charge in [0.15, 0.2) is 0 Å². The van der Waals surface area contributed by atoms with E-state index in [0.717, 1.165) is 4.90 Å². The molecule has 102 valence electrons. The Balaban J connectivity index is 2.11. The Kier molecular flexibility index (Phi) is 3.83. The lowest BCUT2D eigenvalue weighted by Gasteiger charge is -2.14. The van der Waals surface area contributed by atoms with Gasteiger partial charge in [-0.3, -0.25) is 9.69 Å². The van der Waals surface area contributed by atoms with Crippen molar-refractivity contribution in [1.82, 2.24) is 10.2 Å². The van der Waals surface area contributed by atoms with Crippen LogP contribution >= 0.6 is 0 Å². The van der Waals surface area contributed by atoms with E-state index >= 15 is 0 Å². The zero-order valence-electron chi connectivity index (χ0n) is 11.0. The fourth-order valence-corrected chi connectivity index (χ4v) is 2.15. The highest BCUT2D eigenvalue weighted by molar-refractivity contribution is 6.04. The van der Waals surface area contributed by atoms with Crippen LogP contribution < -0.4 is 5.32 Å². The average molecular weight is 264 g/mol. The Bertz CT molecular complexity index is 502. The molecule has 1 atom stereocenters. The van der Waals surface area contributed by atoms with Crippen LogP contribution in [0.2, 0.25) is 0 Å². The smallest absolute Gasteiger partial charge is 0.325 e. The Morgan fingerprint density at radius 2 is 2.00 bits per heavy atom. The number of amides is 3. The van der Waals surface area contributed by atoms with Gasteiger partial charge in [-0.05, 0) is 18.4 Å². The minimum Gasteiger partial charge on any atom is -0.326 e. The third-order valence-electron chi connectivity index (χ3n) is 3.10. The van der Waals surface area contributed by atoms with Crippen LogP contribution in [-0.2, 0) is 11.3 Å². The molecule has 1 fully saturated rings. The van der Waals surface area contributed by atoms with Crippen molar-refractivity contribution in [2.45, 2.75) is 32.9 Å². The van der Waals surface area contributed by atoms with E-state index in [1.165, 1.54) is 6.07 Å². The summed E-state index contributed by atoms with van der Waals surface area (Å²) in [5.41, 5.74) is 0.344. The molecule has 1 aromatic rings. The van der Waals surface area contributed by atoms with Crippen molar-refractivity contribution in [3.63, 3.8) is 0 Å². The lowest BCUT2D eigenvalue weighted by atomic mass is 10.0. The molecular weight excluding hydrogens is 247 g/mol. The average Bonchev–Trinajstić information content (AvgIpc) is 2.59. The van der Waals surface area contributed by atoms with Crippen LogP contribution in [0.1, 0.15) is 25.8 Å². The number of nitrogens with one attached hydrogen (secondary N) is 1. The van der Waals surface area contributed by atoms with Crippen LogP contribution in [0.15, 0.2) is 24.3 Å². The Labute approximate surface area is 111 Å². The van der Waals surface area contributed by atoms with Crippen LogP contribution in [0.4, 0.5) is 9.18 Å². The van der Waals surface area contributed by atoms with Gasteiger partial charge in [0.25, 0.3) is 5.91 Å². The SMILES string of the molecule is CC(C)C[C@@H]1NC(=O)N(Cc2ccccc2F)C1=O. The largest absolute Gasteiger partial charge is 0.326 e. The van der Waals surface area contributed by atoms with Crippen molar-refractivity contribution < 1.29 is 14.0 Å². The standard InChI is InChI=1S/C14H17FN2O2/c1-9(2)7-12-13(18)17(14(19)16-12)8-10-5-3-4-6-11(10)15/h3-6,9,12H,7-8H2,1-2H3,(H,16,19)/t12-/m0/s1. The van der Waals surface area contributed by atoms with E-state index < -0.39 is 17.9 Å². The highest BCUT2D eigenvalue weighted by Gasteiger charge is 2.38. The van der Waals surface area contributed by atoms with Crippen LogP contribution in [0.25, 0.3) is 0 Å². The summed E-state index contributed by atoms with van der Waals surface area (Å²) < 4.78 is 13.5. The molecule has 1 aromatic carbocycles. The number of rotatable bonds is 4. The summed E-state index contributed by atoms with van der Waals surface area (Å²) in [7, 11) is 0. The van der Waals surface area contributed by atoms with Gasteiger partial charge in [-0.1, -0.05) is 32.0 Å². The summed E-state index contributed by atoms with van der Waals surface area (Å²) in [6, 6.07) is 5.22. The van der Waals surface area contributed by atoms with Crippen LogP contribution in [-0.4, -0.2) is 22.9 Å². The van der Waals surface area contributed by atoms with E-state index in [9.17, 15) is 14.0 Å². The normalized spacial score (nSPS) is 19.2. The summed E-state index contributed by atoms with van der Waals surface area (Å²) in [4.78, 5) is 24.9. The maximum atomic E-state index is 13.5. The molecule has 0 aromatic heterocycles. The molecule has 0 bridgehead atoms. The Hall–Kier alpha value is -1.91. The molecule has 0 spiro atoms. The van der Waals surface area contributed by atoms with E-state index in [4.69, 9.17) is 0 Å². The molecule has 5 heteroatoms. The Morgan fingerprint density at radius 1 is 1.32 bits per heavy atom. The topological polar surface area (TPSA) is 49.4 Å². The number of halogens is 1. The monoisotopic (exact) mass is 264 g/mol. The first kappa shape index (κ1) is 13.5. The molecule has 0 saturated carbocycles. The van der Waals surface area contributed by atoms with E-state index in [1.54, 1.807) is 18.2 Å². The molecule has 1 N–H and O–H groups in total. The van der Waals surface area contributed by atoms with Crippen LogP contribution in [0, 0.1) is 11.7 Å². The van der Waals surface area contributed by atoms with Gasteiger partial charge in [-0.2, -0.15) is 0 Å². The number of hydrogen-bond donors (Lipinski definition) is 1. The minimum absolute atomic E-state index is 0.0219. The number of imide groups is 1. The molecule has 4 nitrogen and oxygen atoms in total. The van der Waals surface area contributed by atoms with E-state index in [-0.39, 0.29) is 12.5 Å². The highest BCUT2D eigenvalue weighted by atomic mass is 19.1. The van der Waals surface area contributed by atoms with E-state index in [0.29, 0.717) is 17.9 Å². The lowest BCUT2D eigenvalue weighted by molar-refractivity contribution is -0.128. The van der Waals surface area contributed by atoms with Crippen molar-refractivity contribution in [3.05, 3.63) is 35.6 Å². The van der Waals surface area contributed by atoms with E-state index in [2.05, 4.69) is 5.32 Å². The van der Waals surface area contributed by atoms with Gasteiger partial charge in [0.1, 0.15) is 11.9 Å². The first-order valence-electron chi connectivity index (χ1n) is 6.34. The number of carbonyl (C=O) groups excluding carboxylic acids is 2. The van der Waals surface area contributed by atoms with Gasteiger partial charge in [0, 0.05) is 5.56 Å². The molecule has 1 heterocycles. The molecule has 1 aliphatic heterocycles. The summed E-state index contributed by atoms with van der Waals surface area (Å²) in [6.45, 7) is 3.95. The fraction of sp³-hybridized carbons (Fsp3) is 0.429. The van der Waals surface area contributed by atoms with Crippen molar-refractivity contribution in [3.8, 4) is 0 Å². The summed E-state index contributed by atoms with van der Waals surface area (Å²) in [6.07, 6.45) is 0.596. The number of benzene rings is 1. The molecule has 1 aliphatic rings. The maximum absolute atomic E-state index is 13.5. The predicted molar refractivity (Wildman–Crippen MR) is 68.7 cm³/mol. The second-order valence-electron chi connectivity index (χ2n) is 5.15. The first-order valence-corrected chi connectivity index (χ1v) is 6.34. The molecule has 1 saturated heterocycles. The van der Waals surface area contributed by atoms with Crippen LogP contribution in [0.5, 0.6) is 0 Å². The zero-order chi connectivity index (χ0) is 14.0. The van der Waals surface area contributed by atoms with Crippen molar-refractivity contribution in [2.24, 2.45) is 5.92 Å². The van der Waals surface area contributed by atoms with Gasteiger partial charge in [0.05, 0.1) is 6.54 Å². The third kappa shape index (κ3) is 2.92. The van der Waals surface area contributed by atoms with Crippen molar-refractivity contribution in [2.75, 3.05) is 0 Å². The third-order valence-corrected chi connectivity index (χ3v) is 3.10. The highest BCUT2D eigenvalue weighted by Crippen LogP contribution is 2.18. The molecule has 0 unspecified atom stereocenters. The Morgan fingerprint density at radius 3 is 2.63 bits per heavy atom. The first-order chi connectivity index (χ1) is 8.99. The maximum Gasteiger partial charge on any atom is 0.325 e. The van der Waals surface area contributed by atoms with Crippen molar-refractivity contribution >= 4 is 11.9 Å². The van der Waals surface area contributed by atoms with Gasteiger partial charge in [-0.15, -0.1) is 0 Å². The molecule has 0 radical (unpaired) electrons. The second kappa shape index (κ2) is 5.38. The molecule has 2 rings (SSSR count). The number of urea groups is 1. The van der Waals surface area contributed by atoms with Gasteiger partial charge in [-0.25, -0.2) is 9.18 Å². The zero-order valence-corrected chi connectivity index (χ0v) is 11.0. The summed E-state index contributed by atoms with van der Waals surface area (Å²) in [5, 5.41) is 2.64. The minimum atomic E-state index is -0.487. The number of carbonyl (C=O) groups is 2. The van der Waals surface area contributed by atoms with Gasteiger partial charge >= 0.3 is 6.03 Å². The second-order valence-corrected chi connectivity index (χ2v) is 5.15. The molecule has 3 amide bonds. The van der Waals surface area contributed by atoms with E-state index in [1.807, 2.05) is 13.8 Å². The summed E-state index contributed by atoms with van der Waals surface area (Å²) >= 11 is 0. The molecule has 19 heavy (non-hydrogen) atoms. The van der Waals surface area contributed by atoms with Crippen molar-refractivity contribution in [1.29, 1.82) is 0 Å². The van der Waals surface area contributed by atoms with Gasteiger partial charge in [0.2, 0.25) is 0 Å².